The smallest absolute Gasteiger partial charge is 0.321 e. The molecule has 5 nitrogen and oxygen atoms in total. The Morgan fingerprint density at radius 2 is 1.85 bits per heavy atom. The summed E-state index contributed by atoms with van der Waals surface area (Å²) >= 11 is 1.71. The number of nitrogens with one attached hydrogen (secondary N) is 1. The third-order valence-electron chi connectivity index (χ3n) is 4.31. The Labute approximate surface area is 164 Å². The van der Waals surface area contributed by atoms with E-state index in [1.54, 1.807) is 23.7 Å². The van der Waals surface area contributed by atoms with Gasteiger partial charge in [-0.05, 0) is 56.0 Å². The Morgan fingerprint density at radius 1 is 1.15 bits per heavy atom. The van der Waals surface area contributed by atoms with Crippen molar-refractivity contribution in [3.8, 4) is 5.69 Å². The number of rotatable bonds is 5. The fourth-order valence-corrected chi connectivity index (χ4v) is 3.33. The topological polar surface area (TPSA) is 50.2 Å². The van der Waals surface area contributed by atoms with Gasteiger partial charge in [0.2, 0.25) is 0 Å². The number of carbonyl (C=O) groups excluding carboxylic acids is 1. The van der Waals surface area contributed by atoms with Crippen LogP contribution in [0.5, 0.6) is 0 Å². The van der Waals surface area contributed by atoms with Crippen molar-refractivity contribution < 1.29 is 4.79 Å². The van der Waals surface area contributed by atoms with Gasteiger partial charge in [0.1, 0.15) is 0 Å². The molecular formula is C21H24N4OS. The van der Waals surface area contributed by atoms with Crippen LogP contribution in [0.15, 0.2) is 59.5 Å². The van der Waals surface area contributed by atoms with E-state index >= 15 is 0 Å². The summed E-state index contributed by atoms with van der Waals surface area (Å²) in [7, 11) is 1.80. The Morgan fingerprint density at radius 3 is 2.48 bits per heavy atom. The van der Waals surface area contributed by atoms with Gasteiger partial charge in [-0.25, -0.2) is 9.48 Å². The molecule has 0 aliphatic heterocycles. The second-order valence-corrected chi connectivity index (χ2v) is 7.37. The van der Waals surface area contributed by atoms with Crippen LogP contribution in [0.2, 0.25) is 0 Å². The first-order valence-corrected chi connectivity index (χ1v) is 9.98. The van der Waals surface area contributed by atoms with Gasteiger partial charge in [0.05, 0.1) is 17.1 Å². The summed E-state index contributed by atoms with van der Waals surface area (Å²) in [4.78, 5) is 15.6. The highest BCUT2D eigenvalue weighted by Crippen LogP contribution is 2.22. The number of carbonyl (C=O) groups is 1. The average molecular weight is 381 g/mol. The number of amides is 2. The summed E-state index contributed by atoms with van der Waals surface area (Å²) in [5, 5.41) is 7.54. The van der Waals surface area contributed by atoms with Crippen molar-refractivity contribution in [3.05, 3.63) is 71.5 Å². The molecule has 0 saturated heterocycles. The van der Waals surface area contributed by atoms with E-state index in [-0.39, 0.29) is 6.03 Å². The lowest BCUT2D eigenvalue weighted by Crippen LogP contribution is -2.31. The maximum atomic E-state index is 12.7. The highest BCUT2D eigenvalue weighted by molar-refractivity contribution is 7.98. The molecule has 0 unspecified atom stereocenters. The summed E-state index contributed by atoms with van der Waals surface area (Å²) in [6.07, 6.45) is 2.05. The minimum Gasteiger partial charge on any atom is -0.323 e. The van der Waals surface area contributed by atoms with Crippen LogP contribution in [-0.4, -0.2) is 34.0 Å². The molecular weight excluding hydrogens is 356 g/mol. The van der Waals surface area contributed by atoms with Gasteiger partial charge in [-0.2, -0.15) is 5.10 Å². The van der Waals surface area contributed by atoms with Crippen molar-refractivity contribution in [1.82, 2.24) is 14.7 Å². The van der Waals surface area contributed by atoms with Crippen molar-refractivity contribution >= 4 is 23.5 Å². The molecule has 1 heterocycles. The van der Waals surface area contributed by atoms with Crippen molar-refractivity contribution in [2.24, 2.45) is 0 Å². The van der Waals surface area contributed by atoms with Gasteiger partial charge in [0.15, 0.2) is 0 Å². The fourth-order valence-electron chi connectivity index (χ4n) is 2.92. The van der Waals surface area contributed by atoms with Gasteiger partial charge in [0, 0.05) is 24.2 Å². The lowest BCUT2D eigenvalue weighted by Gasteiger charge is -2.20. The normalized spacial score (nSPS) is 10.7. The number of urea groups is 1. The lowest BCUT2D eigenvalue weighted by molar-refractivity contribution is 0.220. The summed E-state index contributed by atoms with van der Waals surface area (Å²) in [5.41, 5.74) is 4.65. The number of aryl methyl sites for hydroxylation is 2. The van der Waals surface area contributed by atoms with Crippen LogP contribution in [0.3, 0.4) is 0 Å². The van der Waals surface area contributed by atoms with E-state index in [4.69, 9.17) is 0 Å². The van der Waals surface area contributed by atoms with E-state index < -0.39 is 0 Å². The molecule has 0 aliphatic rings. The molecule has 27 heavy (non-hydrogen) atoms. The van der Waals surface area contributed by atoms with E-state index in [9.17, 15) is 4.79 Å². The molecule has 2 amide bonds. The third-order valence-corrected chi connectivity index (χ3v) is 5.05. The molecule has 6 heteroatoms. The van der Waals surface area contributed by atoms with Gasteiger partial charge in [0.25, 0.3) is 0 Å². The average Bonchev–Trinajstić information content (AvgIpc) is 3.00. The Hall–Kier alpha value is -2.73. The Balaban J connectivity index is 1.74. The van der Waals surface area contributed by atoms with Crippen molar-refractivity contribution in [2.45, 2.75) is 25.3 Å². The standard InChI is InChI=1S/C21H24N4OS/c1-15-13-16(2)25(23-15)20-8-6-5-7-19(20)22-21(26)24(3)14-17-9-11-18(27-4)12-10-17/h5-13H,14H2,1-4H3,(H,22,26). The lowest BCUT2D eigenvalue weighted by atomic mass is 10.2. The zero-order chi connectivity index (χ0) is 19.4. The van der Waals surface area contributed by atoms with Gasteiger partial charge in [-0.3, -0.25) is 0 Å². The summed E-state index contributed by atoms with van der Waals surface area (Å²) < 4.78 is 1.85. The maximum Gasteiger partial charge on any atom is 0.321 e. The minimum atomic E-state index is -0.155. The van der Waals surface area contributed by atoms with E-state index in [0.717, 1.165) is 28.3 Å². The van der Waals surface area contributed by atoms with Crippen molar-refractivity contribution in [1.29, 1.82) is 0 Å². The first kappa shape index (κ1) is 19.0. The van der Waals surface area contributed by atoms with Gasteiger partial charge in [-0.1, -0.05) is 24.3 Å². The molecule has 0 saturated carbocycles. The van der Waals surface area contributed by atoms with E-state index in [1.165, 1.54) is 4.90 Å². The molecule has 0 fully saturated rings. The Bertz CT molecular complexity index is 934. The quantitative estimate of drug-likeness (QED) is 0.642. The number of aromatic nitrogens is 2. The van der Waals surface area contributed by atoms with Crippen LogP contribution in [0.25, 0.3) is 5.69 Å². The molecule has 0 spiro atoms. The summed E-state index contributed by atoms with van der Waals surface area (Å²) in [6.45, 7) is 4.51. The number of hydrogen-bond donors (Lipinski definition) is 1. The van der Waals surface area contributed by atoms with E-state index in [1.807, 2.05) is 48.9 Å². The van der Waals surface area contributed by atoms with Crippen LogP contribution in [0.1, 0.15) is 17.0 Å². The zero-order valence-corrected chi connectivity index (χ0v) is 16.9. The predicted molar refractivity (Wildman–Crippen MR) is 112 cm³/mol. The summed E-state index contributed by atoms with van der Waals surface area (Å²) in [6, 6.07) is 17.8. The molecule has 0 radical (unpaired) electrons. The van der Waals surface area contributed by atoms with E-state index in [2.05, 4.69) is 40.9 Å². The molecule has 0 atom stereocenters. The highest BCUT2D eigenvalue weighted by Gasteiger charge is 2.14. The minimum absolute atomic E-state index is 0.155. The van der Waals surface area contributed by atoms with Gasteiger partial charge >= 0.3 is 6.03 Å². The van der Waals surface area contributed by atoms with Crippen molar-refractivity contribution in [3.63, 3.8) is 0 Å². The third kappa shape index (κ3) is 4.52. The molecule has 1 N–H and O–H groups in total. The maximum absolute atomic E-state index is 12.7. The first-order chi connectivity index (χ1) is 13.0. The van der Waals surface area contributed by atoms with Gasteiger partial charge in [-0.15, -0.1) is 11.8 Å². The van der Waals surface area contributed by atoms with Crippen LogP contribution < -0.4 is 5.32 Å². The second-order valence-electron chi connectivity index (χ2n) is 6.49. The molecule has 140 valence electrons. The van der Waals surface area contributed by atoms with Crippen LogP contribution in [0.4, 0.5) is 10.5 Å². The van der Waals surface area contributed by atoms with Crippen molar-refractivity contribution in [2.75, 3.05) is 18.6 Å². The number of benzene rings is 2. The van der Waals surface area contributed by atoms with Crippen LogP contribution >= 0.6 is 11.8 Å². The fraction of sp³-hybridized carbons (Fsp3) is 0.238. The largest absolute Gasteiger partial charge is 0.323 e. The number of hydrogen-bond acceptors (Lipinski definition) is 3. The molecule has 0 aliphatic carbocycles. The molecule has 3 aromatic rings. The molecule has 0 bridgehead atoms. The number of nitrogens with zero attached hydrogens (tertiary/aromatic N) is 3. The van der Waals surface area contributed by atoms with Crippen LogP contribution in [-0.2, 0) is 6.54 Å². The highest BCUT2D eigenvalue weighted by atomic mass is 32.2. The van der Waals surface area contributed by atoms with Gasteiger partial charge < -0.3 is 10.2 Å². The monoisotopic (exact) mass is 380 g/mol. The number of anilines is 1. The summed E-state index contributed by atoms with van der Waals surface area (Å²) in [5.74, 6) is 0. The second kappa shape index (κ2) is 8.31. The number of thioether (sulfide) groups is 1. The molecule has 1 aromatic heterocycles. The predicted octanol–water partition coefficient (Wildman–Crippen LogP) is 4.87. The van der Waals surface area contributed by atoms with Crippen LogP contribution in [0, 0.1) is 13.8 Å². The Kier molecular flexibility index (Phi) is 5.86. The molecule has 3 rings (SSSR count). The SMILES string of the molecule is CSc1ccc(CN(C)C(=O)Nc2ccccc2-n2nc(C)cc2C)cc1. The first-order valence-electron chi connectivity index (χ1n) is 8.75. The van der Waals surface area contributed by atoms with E-state index in [0.29, 0.717) is 6.54 Å². The molecule has 2 aromatic carbocycles. The number of para-hydroxylation sites is 2. The zero-order valence-electron chi connectivity index (χ0n) is 16.1.